The Bertz CT molecular complexity index is 991. The van der Waals surface area contributed by atoms with Crippen molar-refractivity contribution in [2.75, 3.05) is 5.32 Å². The highest BCUT2D eigenvalue weighted by Gasteiger charge is 2.21. The van der Waals surface area contributed by atoms with Crippen LogP contribution in [0.1, 0.15) is 23.0 Å². The molecule has 2 heterocycles. The number of hydrogen-bond donors (Lipinski definition) is 1. The molecule has 0 unspecified atom stereocenters. The Hall–Kier alpha value is -2.99. The Balaban J connectivity index is 1.77. The van der Waals surface area contributed by atoms with Gasteiger partial charge in [0, 0.05) is 17.3 Å². The number of hydrogen-bond acceptors (Lipinski definition) is 5. The summed E-state index contributed by atoms with van der Waals surface area (Å²) in [4.78, 5) is 33.1. The molecule has 0 aliphatic rings. The van der Waals surface area contributed by atoms with Crippen LogP contribution in [0.3, 0.4) is 0 Å². The number of nitrogens with one attached hydrogen (secondary N) is 1. The van der Waals surface area contributed by atoms with Crippen LogP contribution in [0.5, 0.6) is 0 Å². The Morgan fingerprint density at radius 1 is 1.19 bits per heavy atom. The van der Waals surface area contributed by atoms with Crippen LogP contribution >= 0.6 is 11.6 Å². The summed E-state index contributed by atoms with van der Waals surface area (Å²) in [6, 6.07) is 12.2. The van der Waals surface area contributed by atoms with E-state index in [1.54, 1.807) is 31.2 Å². The highest BCUT2D eigenvalue weighted by atomic mass is 35.5. The van der Waals surface area contributed by atoms with E-state index in [4.69, 9.17) is 16.3 Å². The molecule has 132 valence electrons. The van der Waals surface area contributed by atoms with E-state index in [9.17, 15) is 9.59 Å². The number of anilines is 1. The monoisotopic (exact) mass is 369 g/mol. The molecule has 1 amide bonds. The second kappa shape index (κ2) is 7.49. The number of para-hydroxylation sites is 1. The van der Waals surface area contributed by atoms with Crippen LogP contribution in [-0.2, 0) is 9.53 Å². The fourth-order valence-electron chi connectivity index (χ4n) is 2.47. The zero-order chi connectivity index (χ0) is 18.7. The molecule has 0 fully saturated rings. The van der Waals surface area contributed by atoms with Crippen molar-refractivity contribution in [3.05, 3.63) is 65.1 Å². The minimum atomic E-state index is -1.01. The van der Waals surface area contributed by atoms with Gasteiger partial charge in [-0.1, -0.05) is 29.8 Å². The van der Waals surface area contributed by atoms with Crippen molar-refractivity contribution in [3.8, 4) is 0 Å². The summed E-state index contributed by atoms with van der Waals surface area (Å²) in [5.41, 5.74) is 2.10. The second-order valence-corrected chi connectivity index (χ2v) is 6.06. The third-order valence-electron chi connectivity index (χ3n) is 3.73. The quantitative estimate of drug-likeness (QED) is 0.559. The molecule has 1 N–H and O–H groups in total. The van der Waals surface area contributed by atoms with Gasteiger partial charge in [-0.05, 0) is 38.1 Å². The van der Waals surface area contributed by atoms with E-state index in [1.807, 2.05) is 18.2 Å². The van der Waals surface area contributed by atoms with Crippen molar-refractivity contribution in [1.29, 1.82) is 0 Å². The molecule has 1 aromatic carbocycles. The van der Waals surface area contributed by atoms with Gasteiger partial charge in [0.05, 0.1) is 16.8 Å². The number of aryl methyl sites for hydroxylation is 1. The number of aromatic nitrogens is 2. The first-order valence-corrected chi connectivity index (χ1v) is 8.32. The van der Waals surface area contributed by atoms with E-state index in [-0.39, 0.29) is 5.15 Å². The van der Waals surface area contributed by atoms with Crippen LogP contribution in [0.4, 0.5) is 5.69 Å². The van der Waals surface area contributed by atoms with Gasteiger partial charge in [-0.3, -0.25) is 9.78 Å². The van der Waals surface area contributed by atoms with Gasteiger partial charge >= 0.3 is 5.97 Å². The first-order valence-electron chi connectivity index (χ1n) is 7.94. The number of esters is 1. The van der Waals surface area contributed by atoms with Gasteiger partial charge in [-0.25, -0.2) is 9.78 Å². The van der Waals surface area contributed by atoms with Crippen LogP contribution in [0, 0.1) is 6.92 Å². The van der Waals surface area contributed by atoms with Crippen molar-refractivity contribution >= 4 is 40.1 Å². The SMILES string of the molecule is Cc1cc(C(=O)O[C@@H](C)C(=O)Nc2cccnc2Cl)c2ccccc2n1. The summed E-state index contributed by atoms with van der Waals surface area (Å²) in [5, 5.41) is 3.43. The lowest BCUT2D eigenvalue weighted by molar-refractivity contribution is -0.123. The summed E-state index contributed by atoms with van der Waals surface area (Å²) >= 11 is 5.92. The minimum absolute atomic E-state index is 0.162. The van der Waals surface area contributed by atoms with Crippen molar-refractivity contribution < 1.29 is 14.3 Å². The Kier molecular flexibility index (Phi) is 5.14. The number of fused-ring (bicyclic) bond motifs is 1. The molecule has 0 saturated carbocycles. The van der Waals surface area contributed by atoms with Crippen LogP contribution in [0.2, 0.25) is 5.15 Å². The average molecular weight is 370 g/mol. The molecule has 2 aromatic heterocycles. The normalized spacial score (nSPS) is 11.8. The first kappa shape index (κ1) is 17.8. The molecule has 3 aromatic rings. The molecule has 26 heavy (non-hydrogen) atoms. The van der Waals surface area contributed by atoms with Gasteiger partial charge in [-0.15, -0.1) is 0 Å². The van der Waals surface area contributed by atoms with Crippen LogP contribution < -0.4 is 5.32 Å². The first-order chi connectivity index (χ1) is 12.5. The lowest BCUT2D eigenvalue weighted by Crippen LogP contribution is -2.30. The van der Waals surface area contributed by atoms with Crippen LogP contribution in [0.25, 0.3) is 10.9 Å². The molecule has 0 saturated heterocycles. The van der Waals surface area contributed by atoms with Crippen molar-refractivity contribution in [3.63, 3.8) is 0 Å². The van der Waals surface area contributed by atoms with Gasteiger partial charge in [0.15, 0.2) is 11.3 Å². The van der Waals surface area contributed by atoms with Crippen LogP contribution in [0.15, 0.2) is 48.7 Å². The van der Waals surface area contributed by atoms with Gasteiger partial charge in [0.25, 0.3) is 5.91 Å². The maximum atomic E-state index is 12.6. The van der Waals surface area contributed by atoms with Crippen molar-refractivity contribution in [1.82, 2.24) is 9.97 Å². The molecule has 7 heteroatoms. The smallest absolute Gasteiger partial charge is 0.339 e. The topological polar surface area (TPSA) is 81.2 Å². The molecule has 3 rings (SSSR count). The number of halogens is 1. The summed E-state index contributed by atoms with van der Waals surface area (Å²) in [6.45, 7) is 3.29. The zero-order valence-electron chi connectivity index (χ0n) is 14.2. The van der Waals surface area contributed by atoms with Gasteiger partial charge in [0.2, 0.25) is 0 Å². The predicted molar refractivity (Wildman–Crippen MR) is 99.2 cm³/mol. The van der Waals surface area contributed by atoms with Gasteiger partial charge < -0.3 is 10.1 Å². The number of pyridine rings is 2. The molecule has 0 bridgehead atoms. The predicted octanol–water partition coefficient (Wildman–Crippen LogP) is 3.78. The number of ether oxygens (including phenoxy) is 1. The van der Waals surface area contributed by atoms with Gasteiger partial charge in [0.1, 0.15) is 0 Å². The van der Waals surface area contributed by atoms with Gasteiger partial charge in [-0.2, -0.15) is 0 Å². The fraction of sp³-hybridized carbons (Fsp3) is 0.158. The molecular formula is C19H16ClN3O3. The Labute approximate surface area is 155 Å². The summed E-state index contributed by atoms with van der Waals surface area (Å²) in [5.74, 6) is -1.09. The lowest BCUT2D eigenvalue weighted by Gasteiger charge is -2.15. The summed E-state index contributed by atoms with van der Waals surface area (Å²) in [7, 11) is 0. The fourth-order valence-corrected chi connectivity index (χ4v) is 2.63. The second-order valence-electron chi connectivity index (χ2n) is 5.71. The molecule has 1 atom stereocenters. The maximum Gasteiger partial charge on any atom is 0.339 e. The Morgan fingerprint density at radius 3 is 2.73 bits per heavy atom. The lowest BCUT2D eigenvalue weighted by atomic mass is 10.1. The maximum absolute atomic E-state index is 12.6. The van der Waals surface area contributed by atoms with E-state index in [0.717, 1.165) is 0 Å². The van der Waals surface area contributed by atoms with E-state index in [2.05, 4.69) is 15.3 Å². The third kappa shape index (κ3) is 3.81. The number of nitrogens with zero attached hydrogens (tertiary/aromatic N) is 2. The molecule has 0 spiro atoms. The molecule has 0 aliphatic heterocycles. The number of benzene rings is 1. The highest BCUT2D eigenvalue weighted by Crippen LogP contribution is 2.21. The third-order valence-corrected chi connectivity index (χ3v) is 4.04. The van der Waals surface area contributed by atoms with Crippen molar-refractivity contribution in [2.45, 2.75) is 20.0 Å². The summed E-state index contributed by atoms with van der Waals surface area (Å²) in [6.07, 6.45) is 0.504. The molecule has 6 nitrogen and oxygen atoms in total. The minimum Gasteiger partial charge on any atom is -0.449 e. The largest absolute Gasteiger partial charge is 0.449 e. The van der Waals surface area contributed by atoms with E-state index < -0.39 is 18.0 Å². The van der Waals surface area contributed by atoms with Crippen LogP contribution in [-0.4, -0.2) is 27.9 Å². The number of carbonyl (C=O) groups is 2. The number of amides is 1. The number of carbonyl (C=O) groups excluding carboxylic acids is 2. The van der Waals surface area contributed by atoms with E-state index in [1.165, 1.54) is 13.1 Å². The zero-order valence-corrected chi connectivity index (χ0v) is 14.9. The molecule has 0 aliphatic carbocycles. The standard InChI is InChI=1S/C19H16ClN3O3/c1-11-10-14(13-6-3-4-7-15(13)22-11)19(25)26-12(2)18(24)23-16-8-5-9-21-17(16)20/h3-10,12H,1-2H3,(H,23,24)/t12-/m0/s1. The molecule has 0 radical (unpaired) electrons. The average Bonchev–Trinajstić information content (AvgIpc) is 2.62. The summed E-state index contributed by atoms with van der Waals surface area (Å²) < 4.78 is 5.33. The van der Waals surface area contributed by atoms with E-state index >= 15 is 0 Å². The highest BCUT2D eigenvalue weighted by molar-refractivity contribution is 6.32. The Morgan fingerprint density at radius 2 is 1.96 bits per heavy atom. The number of rotatable bonds is 4. The van der Waals surface area contributed by atoms with E-state index in [0.29, 0.717) is 27.8 Å². The molecular weight excluding hydrogens is 354 g/mol. The van der Waals surface area contributed by atoms with Crippen molar-refractivity contribution in [2.24, 2.45) is 0 Å².